The Hall–Kier alpha value is -2.32. The molecule has 3 heterocycles. The second-order valence-corrected chi connectivity index (χ2v) is 5.98. The van der Waals surface area contributed by atoms with Crippen LogP contribution < -0.4 is 10.2 Å². The highest BCUT2D eigenvalue weighted by Gasteiger charge is 2.34. The van der Waals surface area contributed by atoms with Gasteiger partial charge in [-0.2, -0.15) is 23.3 Å². The molecule has 0 aromatic carbocycles. The van der Waals surface area contributed by atoms with Gasteiger partial charge in [0.25, 0.3) is 0 Å². The maximum atomic E-state index is 13.0. The molecule has 1 aliphatic rings. The average Bonchev–Trinajstić information content (AvgIpc) is 2.95. The van der Waals surface area contributed by atoms with E-state index in [0.29, 0.717) is 6.54 Å². The van der Waals surface area contributed by atoms with Crippen molar-refractivity contribution in [2.45, 2.75) is 38.5 Å². The first-order chi connectivity index (χ1) is 11.3. The SMILES string of the molecule is CN(C)c1cc(C(F)(F)F)nc(NCc2cnn3c2CCCC3)n1. The van der Waals surface area contributed by atoms with E-state index in [4.69, 9.17) is 0 Å². The van der Waals surface area contributed by atoms with Crippen molar-refractivity contribution in [2.24, 2.45) is 0 Å². The third-order valence-corrected chi connectivity index (χ3v) is 3.97. The van der Waals surface area contributed by atoms with Crippen molar-refractivity contribution in [1.29, 1.82) is 0 Å². The Morgan fingerprint density at radius 3 is 2.75 bits per heavy atom. The molecule has 24 heavy (non-hydrogen) atoms. The summed E-state index contributed by atoms with van der Waals surface area (Å²) in [6.07, 6.45) is 0.381. The highest BCUT2D eigenvalue weighted by Crippen LogP contribution is 2.30. The predicted molar refractivity (Wildman–Crippen MR) is 83.9 cm³/mol. The Bertz CT molecular complexity index is 722. The van der Waals surface area contributed by atoms with Crippen LogP contribution >= 0.6 is 0 Å². The lowest BCUT2D eigenvalue weighted by atomic mass is 10.1. The van der Waals surface area contributed by atoms with Crippen molar-refractivity contribution in [3.8, 4) is 0 Å². The fourth-order valence-electron chi connectivity index (χ4n) is 2.70. The fourth-order valence-corrected chi connectivity index (χ4v) is 2.70. The van der Waals surface area contributed by atoms with E-state index in [2.05, 4.69) is 20.4 Å². The molecule has 3 rings (SSSR count). The summed E-state index contributed by atoms with van der Waals surface area (Å²) in [4.78, 5) is 9.25. The van der Waals surface area contributed by atoms with Crippen molar-refractivity contribution in [1.82, 2.24) is 19.7 Å². The molecule has 2 aromatic rings. The first-order valence-corrected chi connectivity index (χ1v) is 7.75. The summed E-state index contributed by atoms with van der Waals surface area (Å²) in [6.45, 7) is 1.24. The summed E-state index contributed by atoms with van der Waals surface area (Å²) >= 11 is 0. The summed E-state index contributed by atoms with van der Waals surface area (Å²) in [5.74, 6) is 0.168. The quantitative estimate of drug-likeness (QED) is 0.927. The molecule has 0 saturated carbocycles. The van der Waals surface area contributed by atoms with Gasteiger partial charge in [-0.15, -0.1) is 0 Å². The molecule has 1 aliphatic heterocycles. The number of aromatic nitrogens is 4. The fraction of sp³-hybridized carbons (Fsp3) is 0.533. The average molecular weight is 340 g/mol. The van der Waals surface area contributed by atoms with Crippen LogP contribution in [0.4, 0.5) is 24.9 Å². The molecule has 0 saturated heterocycles. The van der Waals surface area contributed by atoms with Crippen LogP contribution in [-0.2, 0) is 25.7 Å². The number of halogens is 3. The molecule has 0 bridgehead atoms. The van der Waals surface area contributed by atoms with Gasteiger partial charge in [0.2, 0.25) is 5.95 Å². The van der Waals surface area contributed by atoms with Gasteiger partial charge in [0.1, 0.15) is 5.82 Å². The number of nitrogens with zero attached hydrogens (tertiary/aromatic N) is 5. The summed E-state index contributed by atoms with van der Waals surface area (Å²) in [7, 11) is 3.28. The van der Waals surface area contributed by atoms with E-state index < -0.39 is 11.9 Å². The number of nitrogens with one attached hydrogen (secondary N) is 1. The van der Waals surface area contributed by atoms with Crippen LogP contribution in [0, 0.1) is 0 Å². The number of aryl methyl sites for hydroxylation is 1. The number of anilines is 2. The molecule has 0 fully saturated rings. The van der Waals surface area contributed by atoms with Crippen molar-refractivity contribution >= 4 is 11.8 Å². The molecule has 130 valence electrons. The monoisotopic (exact) mass is 340 g/mol. The molecule has 0 atom stereocenters. The van der Waals surface area contributed by atoms with E-state index in [1.807, 2.05) is 4.68 Å². The molecular weight excluding hydrogens is 321 g/mol. The third kappa shape index (κ3) is 3.44. The lowest BCUT2D eigenvalue weighted by molar-refractivity contribution is -0.141. The zero-order valence-electron chi connectivity index (χ0n) is 13.6. The van der Waals surface area contributed by atoms with E-state index in [-0.39, 0.29) is 11.8 Å². The molecule has 0 aliphatic carbocycles. The molecule has 0 unspecified atom stereocenters. The Morgan fingerprint density at radius 1 is 1.25 bits per heavy atom. The predicted octanol–water partition coefficient (Wildman–Crippen LogP) is 2.71. The van der Waals surface area contributed by atoms with E-state index in [9.17, 15) is 13.2 Å². The maximum absolute atomic E-state index is 13.0. The van der Waals surface area contributed by atoms with Crippen LogP contribution in [0.15, 0.2) is 12.3 Å². The number of hydrogen-bond acceptors (Lipinski definition) is 5. The first kappa shape index (κ1) is 16.5. The van der Waals surface area contributed by atoms with Crippen molar-refractivity contribution in [2.75, 3.05) is 24.3 Å². The number of rotatable bonds is 4. The Labute approximate surface area is 137 Å². The van der Waals surface area contributed by atoms with E-state index >= 15 is 0 Å². The molecule has 6 nitrogen and oxygen atoms in total. The topological polar surface area (TPSA) is 58.9 Å². The Morgan fingerprint density at radius 2 is 2.04 bits per heavy atom. The zero-order chi connectivity index (χ0) is 17.3. The Balaban J connectivity index is 1.82. The van der Waals surface area contributed by atoms with Crippen LogP contribution in [0.5, 0.6) is 0 Å². The minimum Gasteiger partial charge on any atom is -0.363 e. The first-order valence-electron chi connectivity index (χ1n) is 7.75. The van der Waals surface area contributed by atoms with Crippen LogP contribution in [-0.4, -0.2) is 33.8 Å². The minimum absolute atomic E-state index is 0.0377. The van der Waals surface area contributed by atoms with Gasteiger partial charge >= 0.3 is 6.18 Å². The van der Waals surface area contributed by atoms with E-state index in [1.165, 1.54) is 4.90 Å². The van der Waals surface area contributed by atoms with Gasteiger partial charge in [0.05, 0.1) is 6.20 Å². The normalized spacial score (nSPS) is 14.4. The summed E-state index contributed by atoms with van der Waals surface area (Å²) < 4.78 is 41.0. The smallest absolute Gasteiger partial charge is 0.363 e. The van der Waals surface area contributed by atoms with Gasteiger partial charge in [0.15, 0.2) is 5.69 Å². The van der Waals surface area contributed by atoms with Gasteiger partial charge in [-0.3, -0.25) is 4.68 Å². The highest BCUT2D eigenvalue weighted by molar-refractivity contribution is 5.44. The summed E-state index contributed by atoms with van der Waals surface area (Å²) in [6, 6.07) is 0.937. The molecule has 9 heteroatoms. The van der Waals surface area contributed by atoms with Crippen molar-refractivity contribution in [3.05, 3.63) is 29.2 Å². The van der Waals surface area contributed by atoms with Gasteiger partial charge in [0, 0.05) is 44.5 Å². The van der Waals surface area contributed by atoms with Gasteiger partial charge in [-0.05, 0) is 19.3 Å². The molecule has 2 aromatic heterocycles. The summed E-state index contributed by atoms with van der Waals surface area (Å²) in [5.41, 5.74) is 1.15. The zero-order valence-corrected chi connectivity index (χ0v) is 13.6. The standard InChI is InChI=1S/C15H19F3N6/c1-23(2)13-7-12(15(16,17)18)21-14(22-13)19-8-10-9-20-24-6-4-3-5-11(10)24/h7,9H,3-6,8H2,1-2H3,(H,19,21,22). The lowest BCUT2D eigenvalue weighted by Crippen LogP contribution is -2.18. The molecule has 1 N–H and O–H groups in total. The second-order valence-electron chi connectivity index (χ2n) is 5.98. The highest BCUT2D eigenvalue weighted by atomic mass is 19.4. The number of hydrogen-bond donors (Lipinski definition) is 1. The lowest BCUT2D eigenvalue weighted by Gasteiger charge is -2.17. The largest absolute Gasteiger partial charge is 0.433 e. The van der Waals surface area contributed by atoms with Gasteiger partial charge < -0.3 is 10.2 Å². The van der Waals surface area contributed by atoms with E-state index in [1.54, 1.807) is 20.3 Å². The van der Waals surface area contributed by atoms with Crippen molar-refractivity contribution in [3.63, 3.8) is 0 Å². The maximum Gasteiger partial charge on any atom is 0.433 e. The van der Waals surface area contributed by atoms with Crippen LogP contribution in [0.3, 0.4) is 0 Å². The number of fused-ring (bicyclic) bond motifs is 1. The van der Waals surface area contributed by atoms with Crippen LogP contribution in [0.1, 0.15) is 29.8 Å². The summed E-state index contributed by atoms with van der Waals surface area (Å²) in [5, 5.41) is 7.22. The third-order valence-electron chi connectivity index (χ3n) is 3.97. The Kier molecular flexibility index (Phi) is 4.33. The molecule has 0 amide bonds. The van der Waals surface area contributed by atoms with E-state index in [0.717, 1.165) is 43.1 Å². The number of alkyl halides is 3. The molecule has 0 radical (unpaired) electrons. The van der Waals surface area contributed by atoms with Gasteiger partial charge in [-0.25, -0.2) is 4.98 Å². The van der Waals surface area contributed by atoms with Crippen molar-refractivity contribution < 1.29 is 13.2 Å². The minimum atomic E-state index is -4.51. The molecule has 0 spiro atoms. The second kappa shape index (κ2) is 6.29. The van der Waals surface area contributed by atoms with Crippen LogP contribution in [0.25, 0.3) is 0 Å². The molecular formula is C15H19F3N6. The van der Waals surface area contributed by atoms with Gasteiger partial charge in [-0.1, -0.05) is 0 Å². The van der Waals surface area contributed by atoms with Crippen LogP contribution in [0.2, 0.25) is 0 Å².